The van der Waals surface area contributed by atoms with Crippen molar-refractivity contribution in [2.45, 2.75) is 13.8 Å². The second-order valence-corrected chi connectivity index (χ2v) is 5.74. The lowest BCUT2D eigenvalue weighted by atomic mass is 10.0. The molecule has 0 aliphatic carbocycles. The molecule has 0 amide bonds. The normalized spacial score (nSPS) is 11.8. The lowest BCUT2D eigenvalue weighted by molar-refractivity contribution is 0.475. The number of aryl methyl sites for hydroxylation is 2. The molecule has 0 fully saturated rings. The molecule has 0 heterocycles. The van der Waals surface area contributed by atoms with Crippen molar-refractivity contribution in [1.29, 1.82) is 0 Å². The third-order valence-corrected chi connectivity index (χ3v) is 3.94. The summed E-state index contributed by atoms with van der Waals surface area (Å²) in [5.41, 5.74) is 2.97. The van der Waals surface area contributed by atoms with Crippen LogP contribution in [0.5, 0.6) is 11.5 Å². The van der Waals surface area contributed by atoms with Crippen molar-refractivity contribution < 1.29 is 10.2 Å². The third-order valence-electron chi connectivity index (χ3n) is 3.94. The predicted molar refractivity (Wildman–Crippen MR) is 97.8 cm³/mol. The first kappa shape index (κ1) is 16.6. The summed E-state index contributed by atoms with van der Waals surface area (Å²) < 4.78 is 0. The van der Waals surface area contributed by atoms with E-state index in [-0.39, 0.29) is 11.5 Å². The van der Waals surface area contributed by atoms with E-state index < -0.39 is 0 Å². The van der Waals surface area contributed by atoms with Crippen molar-refractivity contribution >= 4 is 27.8 Å². The Morgan fingerprint density at radius 1 is 0.840 bits per heavy atom. The summed E-state index contributed by atoms with van der Waals surface area (Å²) in [6.07, 6.45) is 0. The van der Waals surface area contributed by atoms with Crippen molar-refractivity contribution in [2.24, 2.45) is 20.5 Å². The highest BCUT2D eigenvalue weighted by atomic mass is 16.3. The molecule has 6 heteroatoms. The number of phenolic OH excluding ortho intramolecular Hbond substituents is 2. The van der Waals surface area contributed by atoms with Gasteiger partial charge in [0, 0.05) is 18.5 Å². The number of phenols is 2. The summed E-state index contributed by atoms with van der Waals surface area (Å²) in [5, 5.41) is 38.1. The summed E-state index contributed by atoms with van der Waals surface area (Å²) in [6.45, 7) is 3.80. The van der Waals surface area contributed by atoms with Crippen molar-refractivity contribution in [2.75, 3.05) is 7.05 Å². The molecule has 0 aromatic heterocycles. The number of hydrogen-bond donors (Lipinski definition) is 2. The van der Waals surface area contributed by atoms with Crippen LogP contribution in [0.25, 0.3) is 10.8 Å². The second kappa shape index (κ2) is 6.68. The maximum atomic E-state index is 10.6. The second-order valence-electron chi connectivity index (χ2n) is 5.74. The van der Waals surface area contributed by atoms with Gasteiger partial charge in [-0.3, -0.25) is 0 Å². The SMILES string of the molecule is CN=Nc1ccc(N=Nc2c(C)cc3cccc(C)c3c2O)c(O)c1. The molecule has 0 saturated heterocycles. The molecule has 0 spiro atoms. The molecule has 0 saturated carbocycles. The Morgan fingerprint density at radius 2 is 1.64 bits per heavy atom. The highest BCUT2D eigenvalue weighted by Crippen LogP contribution is 2.41. The van der Waals surface area contributed by atoms with Crippen LogP contribution in [0, 0.1) is 13.8 Å². The van der Waals surface area contributed by atoms with E-state index >= 15 is 0 Å². The van der Waals surface area contributed by atoms with Crippen LogP contribution < -0.4 is 0 Å². The number of nitrogens with zero attached hydrogens (tertiary/aromatic N) is 4. The lowest BCUT2D eigenvalue weighted by Crippen LogP contribution is -1.83. The van der Waals surface area contributed by atoms with Gasteiger partial charge in [0.1, 0.15) is 17.1 Å². The molecule has 0 atom stereocenters. The molecule has 0 bridgehead atoms. The smallest absolute Gasteiger partial charge is 0.151 e. The number of azo groups is 2. The Labute approximate surface area is 145 Å². The van der Waals surface area contributed by atoms with Crippen molar-refractivity contribution in [3.05, 3.63) is 53.6 Å². The Morgan fingerprint density at radius 3 is 2.36 bits per heavy atom. The first-order valence-electron chi connectivity index (χ1n) is 7.77. The Kier molecular flexibility index (Phi) is 4.43. The van der Waals surface area contributed by atoms with Gasteiger partial charge in [0.2, 0.25) is 0 Å². The first-order chi connectivity index (χ1) is 12.0. The Bertz CT molecular complexity index is 1010. The van der Waals surface area contributed by atoms with Crippen LogP contribution >= 0.6 is 0 Å². The number of hydrogen-bond acceptors (Lipinski definition) is 6. The molecule has 126 valence electrons. The van der Waals surface area contributed by atoms with E-state index in [1.54, 1.807) is 19.2 Å². The summed E-state index contributed by atoms with van der Waals surface area (Å²) in [7, 11) is 1.55. The predicted octanol–water partition coefficient (Wildman–Crippen LogP) is 6.00. The molecule has 3 aromatic rings. The minimum absolute atomic E-state index is 0.0530. The van der Waals surface area contributed by atoms with E-state index in [1.165, 1.54) is 6.07 Å². The van der Waals surface area contributed by atoms with Gasteiger partial charge in [0.25, 0.3) is 0 Å². The summed E-state index contributed by atoms with van der Waals surface area (Å²) >= 11 is 0. The van der Waals surface area contributed by atoms with Crippen LogP contribution in [-0.4, -0.2) is 17.3 Å². The van der Waals surface area contributed by atoms with E-state index in [4.69, 9.17) is 0 Å². The Balaban J connectivity index is 2.06. The quantitative estimate of drug-likeness (QED) is 0.575. The van der Waals surface area contributed by atoms with Gasteiger partial charge in [-0.15, -0.1) is 10.2 Å². The fourth-order valence-electron chi connectivity index (χ4n) is 2.75. The van der Waals surface area contributed by atoms with Gasteiger partial charge in [0.15, 0.2) is 5.75 Å². The standard InChI is InChI=1S/C19H18N4O2/c1-11-5-4-6-13-9-12(2)18(19(25)17(11)13)23-22-15-8-7-14(21-20-3)10-16(15)24/h4-10,24-25H,1-3H3. The van der Waals surface area contributed by atoms with E-state index in [0.29, 0.717) is 17.1 Å². The van der Waals surface area contributed by atoms with Gasteiger partial charge in [0.05, 0.1) is 5.69 Å². The fourth-order valence-corrected chi connectivity index (χ4v) is 2.75. The van der Waals surface area contributed by atoms with Gasteiger partial charge in [-0.05, 0) is 48.6 Å². The first-order valence-corrected chi connectivity index (χ1v) is 7.77. The largest absolute Gasteiger partial charge is 0.506 e. The van der Waals surface area contributed by atoms with Crippen LogP contribution in [-0.2, 0) is 0 Å². The minimum Gasteiger partial charge on any atom is -0.506 e. The van der Waals surface area contributed by atoms with Crippen LogP contribution in [0.4, 0.5) is 17.1 Å². The highest BCUT2D eigenvalue weighted by Gasteiger charge is 2.12. The summed E-state index contributed by atoms with van der Waals surface area (Å²) in [4.78, 5) is 0. The topological polar surface area (TPSA) is 89.9 Å². The molecule has 3 aromatic carbocycles. The average molecular weight is 334 g/mol. The maximum absolute atomic E-state index is 10.6. The monoisotopic (exact) mass is 334 g/mol. The van der Waals surface area contributed by atoms with Crippen molar-refractivity contribution in [3.8, 4) is 11.5 Å². The zero-order valence-electron chi connectivity index (χ0n) is 14.2. The van der Waals surface area contributed by atoms with E-state index in [1.807, 2.05) is 38.1 Å². The van der Waals surface area contributed by atoms with Gasteiger partial charge in [-0.2, -0.15) is 10.2 Å². The molecule has 0 aliphatic rings. The fraction of sp³-hybridized carbons (Fsp3) is 0.158. The third kappa shape index (κ3) is 3.19. The van der Waals surface area contributed by atoms with Crippen LogP contribution in [0.1, 0.15) is 11.1 Å². The van der Waals surface area contributed by atoms with Gasteiger partial charge in [-0.1, -0.05) is 18.2 Å². The number of fused-ring (bicyclic) bond motifs is 1. The van der Waals surface area contributed by atoms with Gasteiger partial charge >= 0.3 is 0 Å². The lowest BCUT2D eigenvalue weighted by Gasteiger charge is -2.09. The molecule has 6 nitrogen and oxygen atoms in total. The van der Waals surface area contributed by atoms with Crippen LogP contribution in [0.2, 0.25) is 0 Å². The molecular formula is C19H18N4O2. The molecular weight excluding hydrogens is 316 g/mol. The summed E-state index contributed by atoms with van der Waals surface area (Å²) in [6, 6.07) is 12.5. The number of benzene rings is 3. The van der Waals surface area contributed by atoms with Gasteiger partial charge in [-0.25, -0.2) is 0 Å². The Hall–Kier alpha value is -3.28. The van der Waals surface area contributed by atoms with Crippen LogP contribution in [0.15, 0.2) is 62.9 Å². The molecule has 0 radical (unpaired) electrons. The minimum atomic E-state index is -0.0530. The molecule has 0 unspecified atom stereocenters. The number of rotatable bonds is 3. The van der Waals surface area contributed by atoms with E-state index in [0.717, 1.165) is 21.9 Å². The van der Waals surface area contributed by atoms with Crippen molar-refractivity contribution in [3.63, 3.8) is 0 Å². The van der Waals surface area contributed by atoms with E-state index in [2.05, 4.69) is 20.5 Å². The average Bonchev–Trinajstić information content (AvgIpc) is 2.56. The number of aromatic hydroxyl groups is 2. The molecule has 0 aliphatic heterocycles. The molecule has 25 heavy (non-hydrogen) atoms. The van der Waals surface area contributed by atoms with Crippen LogP contribution in [0.3, 0.4) is 0 Å². The molecule has 3 rings (SSSR count). The summed E-state index contributed by atoms with van der Waals surface area (Å²) in [5.74, 6) is 0.0375. The van der Waals surface area contributed by atoms with E-state index in [9.17, 15) is 10.2 Å². The maximum Gasteiger partial charge on any atom is 0.151 e. The highest BCUT2D eigenvalue weighted by molar-refractivity contribution is 5.96. The van der Waals surface area contributed by atoms with Crippen molar-refractivity contribution in [1.82, 2.24) is 0 Å². The zero-order chi connectivity index (χ0) is 18.0. The van der Waals surface area contributed by atoms with Gasteiger partial charge < -0.3 is 10.2 Å². The zero-order valence-corrected chi connectivity index (χ0v) is 14.2. The molecule has 2 N–H and O–H groups in total.